The van der Waals surface area contributed by atoms with E-state index in [1.54, 1.807) is 19.1 Å². The lowest BCUT2D eigenvalue weighted by atomic mass is 9.88. The van der Waals surface area contributed by atoms with Gasteiger partial charge in [-0.05, 0) is 29.8 Å². The molecule has 0 heterocycles. The number of fused-ring (bicyclic) bond motifs is 2. The first-order chi connectivity index (χ1) is 8.59. The molecule has 18 heavy (non-hydrogen) atoms. The second-order valence-corrected chi connectivity index (χ2v) is 4.72. The van der Waals surface area contributed by atoms with Gasteiger partial charge in [0.1, 0.15) is 0 Å². The monoisotopic (exact) mass is 256 g/mol. The van der Waals surface area contributed by atoms with E-state index in [2.05, 4.69) is 0 Å². The van der Waals surface area contributed by atoms with Gasteiger partial charge in [-0.3, -0.25) is 9.59 Å². The number of carbonyl (C=O) groups is 2. The summed E-state index contributed by atoms with van der Waals surface area (Å²) in [5.41, 5.74) is 1.17. The van der Waals surface area contributed by atoms with Gasteiger partial charge in [0, 0.05) is 16.7 Å². The fraction of sp³-hybridized carbons (Fsp3) is 0.0667. The Morgan fingerprint density at radius 3 is 1.94 bits per heavy atom. The van der Waals surface area contributed by atoms with Crippen molar-refractivity contribution in [2.75, 3.05) is 0 Å². The first-order valence-electron chi connectivity index (χ1n) is 5.58. The summed E-state index contributed by atoms with van der Waals surface area (Å²) in [6.45, 7) is 1.58. The number of allylic oxidation sites excluding steroid dienone is 2. The molecule has 3 rings (SSSR count). The minimum atomic E-state index is -0.269. The van der Waals surface area contributed by atoms with Crippen LogP contribution in [-0.4, -0.2) is 11.6 Å². The van der Waals surface area contributed by atoms with Crippen LogP contribution >= 0.6 is 11.6 Å². The molecule has 0 unspecified atom stereocenters. The Morgan fingerprint density at radius 1 is 0.889 bits per heavy atom. The number of Topliss-reactive ketones (excluding diaryl/α,β-unsaturated/α-hetero) is 2. The van der Waals surface area contributed by atoms with E-state index in [9.17, 15) is 9.59 Å². The predicted molar refractivity (Wildman–Crippen MR) is 71.2 cm³/mol. The first kappa shape index (κ1) is 11.2. The molecule has 0 bridgehead atoms. The molecule has 0 N–H and O–H groups in total. The Bertz CT molecular complexity index is 679. The average molecular weight is 257 g/mol. The van der Waals surface area contributed by atoms with Crippen molar-refractivity contribution in [2.45, 2.75) is 6.92 Å². The molecule has 0 spiro atoms. The lowest BCUT2D eigenvalue weighted by Crippen LogP contribution is -2.18. The summed E-state index contributed by atoms with van der Waals surface area (Å²) in [7, 11) is 0. The molecule has 0 aromatic heterocycles. The number of benzene rings is 2. The van der Waals surface area contributed by atoms with Crippen LogP contribution in [0.15, 0.2) is 47.0 Å². The van der Waals surface area contributed by atoms with Crippen molar-refractivity contribution < 1.29 is 9.59 Å². The molecular formula is C15H9ClO2. The van der Waals surface area contributed by atoms with Gasteiger partial charge in [0.25, 0.3) is 0 Å². The highest BCUT2D eigenvalue weighted by atomic mass is 35.5. The number of rotatable bonds is 0. The predicted octanol–water partition coefficient (Wildman–Crippen LogP) is 3.73. The lowest BCUT2D eigenvalue weighted by molar-refractivity contribution is 0.0981. The van der Waals surface area contributed by atoms with E-state index < -0.39 is 0 Å². The van der Waals surface area contributed by atoms with Crippen molar-refractivity contribution in [1.82, 2.24) is 0 Å². The molecule has 1 aliphatic rings. The van der Waals surface area contributed by atoms with Gasteiger partial charge in [0.2, 0.25) is 5.78 Å². The Morgan fingerprint density at radius 2 is 1.39 bits per heavy atom. The molecule has 1 aliphatic carbocycles. The van der Waals surface area contributed by atoms with Gasteiger partial charge in [0.15, 0.2) is 5.78 Å². The van der Waals surface area contributed by atoms with Crippen LogP contribution in [0.25, 0.3) is 10.8 Å². The summed E-state index contributed by atoms with van der Waals surface area (Å²) < 4.78 is 0. The Hall–Kier alpha value is -1.93. The van der Waals surface area contributed by atoms with Crippen LogP contribution in [0.2, 0.25) is 0 Å². The van der Waals surface area contributed by atoms with Gasteiger partial charge >= 0.3 is 0 Å². The van der Waals surface area contributed by atoms with Crippen LogP contribution in [-0.2, 0) is 0 Å². The van der Waals surface area contributed by atoms with E-state index in [1.165, 1.54) is 0 Å². The highest BCUT2D eigenvalue weighted by molar-refractivity contribution is 6.50. The van der Waals surface area contributed by atoms with Crippen molar-refractivity contribution >= 4 is 33.9 Å². The highest BCUT2D eigenvalue weighted by Crippen LogP contribution is 2.31. The molecule has 88 valence electrons. The number of hydrogen-bond acceptors (Lipinski definition) is 2. The van der Waals surface area contributed by atoms with Crippen molar-refractivity contribution in [3.8, 4) is 0 Å². The van der Waals surface area contributed by atoms with E-state index in [0.29, 0.717) is 16.7 Å². The third-order valence-corrected chi connectivity index (χ3v) is 3.70. The Kier molecular flexibility index (Phi) is 2.35. The molecular weight excluding hydrogens is 248 g/mol. The van der Waals surface area contributed by atoms with Gasteiger partial charge in [-0.25, -0.2) is 0 Å². The minimum Gasteiger partial charge on any atom is -0.289 e. The molecule has 0 fully saturated rings. The molecule has 2 nitrogen and oxygen atoms in total. The quantitative estimate of drug-likeness (QED) is 0.720. The zero-order valence-corrected chi connectivity index (χ0v) is 10.4. The maximum absolute atomic E-state index is 12.1. The van der Waals surface area contributed by atoms with Crippen LogP contribution in [0.3, 0.4) is 0 Å². The zero-order chi connectivity index (χ0) is 12.9. The average Bonchev–Trinajstić information content (AvgIpc) is 2.41. The SMILES string of the molecule is CC1=C(Cl)C(=O)c2cc3ccccc3cc2C1=O. The zero-order valence-electron chi connectivity index (χ0n) is 9.66. The minimum absolute atomic E-state index is 0.0304. The normalized spacial score (nSPS) is 15.2. The Labute approximate surface area is 109 Å². The summed E-state index contributed by atoms with van der Waals surface area (Å²) >= 11 is 5.90. The molecule has 2 aromatic rings. The van der Waals surface area contributed by atoms with E-state index in [0.717, 1.165) is 10.8 Å². The van der Waals surface area contributed by atoms with Crippen molar-refractivity contribution in [3.63, 3.8) is 0 Å². The fourth-order valence-electron chi connectivity index (χ4n) is 2.21. The Balaban J connectivity index is 2.38. The third kappa shape index (κ3) is 1.42. The topological polar surface area (TPSA) is 34.1 Å². The smallest absolute Gasteiger partial charge is 0.205 e. The summed E-state index contributed by atoms with van der Waals surface area (Å²) in [4.78, 5) is 24.2. The van der Waals surface area contributed by atoms with Gasteiger partial charge in [0.05, 0.1) is 5.03 Å². The molecule has 0 amide bonds. The largest absolute Gasteiger partial charge is 0.289 e. The van der Waals surface area contributed by atoms with Gasteiger partial charge < -0.3 is 0 Å². The van der Waals surface area contributed by atoms with Gasteiger partial charge in [-0.2, -0.15) is 0 Å². The molecule has 0 aliphatic heterocycles. The van der Waals surface area contributed by atoms with Gasteiger partial charge in [-0.15, -0.1) is 0 Å². The maximum atomic E-state index is 12.1. The highest BCUT2D eigenvalue weighted by Gasteiger charge is 2.29. The van der Waals surface area contributed by atoms with E-state index in [1.807, 2.05) is 24.3 Å². The van der Waals surface area contributed by atoms with Crippen molar-refractivity contribution in [3.05, 3.63) is 58.1 Å². The van der Waals surface area contributed by atoms with Crippen molar-refractivity contribution in [1.29, 1.82) is 0 Å². The molecule has 0 saturated carbocycles. The lowest BCUT2D eigenvalue weighted by Gasteiger charge is -2.16. The number of carbonyl (C=O) groups excluding carboxylic acids is 2. The van der Waals surface area contributed by atoms with E-state index in [-0.39, 0.29) is 16.6 Å². The summed E-state index contributed by atoms with van der Waals surface area (Å²) in [5, 5.41) is 1.91. The van der Waals surface area contributed by atoms with Crippen molar-refractivity contribution in [2.24, 2.45) is 0 Å². The van der Waals surface area contributed by atoms with Gasteiger partial charge in [-0.1, -0.05) is 35.9 Å². The molecule has 0 radical (unpaired) electrons. The van der Waals surface area contributed by atoms with Crippen LogP contribution in [0, 0.1) is 0 Å². The first-order valence-corrected chi connectivity index (χ1v) is 5.96. The standard InChI is InChI=1S/C15H9ClO2/c1-8-13(16)15(18)12-7-10-5-3-2-4-9(10)6-11(12)14(8)17/h2-7H,1H3. The molecule has 2 aromatic carbocycles. The summed E-state index contributed by atoms with van der Waals surface area (Å²) in [5.74, 6) is -0.435. The summed E-state index contributed by atoms with van der Waals surface area (Å²) in [6, 6.07) is 11.1. The number of hydrogen-bond donors (Lipinski definition) is 0. The maximum Gasteiger partial charge on any atom is 0.205 e. The van der Waals surface area contributed by atoms with Crippen LogP contribution in [0.1, 0.15) is 27.6 Å². The summed E-state index contributed by atoms with van der Waals surface area (Å²) in [6.07, 6.45) is 0. The molecule has 0 atom stereocenters. The molecule has 0 saturated heterocycles. The third-order valence-electron chi connectivity index (χ3n) is 3.24. The van der Waals surface area contributed by atoms with E-state index >= 15 is 0 Å². The van der Waals surface area contributed by atoms with Crippen LogP contribution in [0.4, 0.5) is 0 Å². The second kappa shape index (κ2) is 3.79. The van der Waals surface area contributed by atoms with Crippen LogP contribution < -0.4 is 0 Å². The van der Waals surface area contributed by atoms with Crippen LogP contribution in [0.5, 0.6) is 0 Å². The fourth-order valence-corrected chi connectivity index (χ4v) is 2.39. The second-order valence-electron chi connectivity index (χ2n) is 4.34. The van der Waals surface area contributed by atoms with E-state index in [4.69, 9.17) is 11.6 Å². The number of halogens is 1. The number of ketones is 2. The molecule has 3 heteroatoms.